The molecule has 1 fully saturated rings. The number of hydrogen-bond acceptors (Lipinski definition) is 9. The molecule has 1 aliphatic heterocycles. The van der Waals surface area contributed by atoms with Crippen molar-refractivity contribution in [1.82, 2.24) is 0 Å². The maximum absolute atomic E-state index is 12.8. The predicted octanol–water partition coefficient (Wildman–Crippen LogP) is 0.486. The Bertz CT molecular complexity index is 1040. The summed E-state index contributed by atoms with van der Waals surface area (Å²) in [5, 5.41) is 51.0. The molecule has 0 saturated carbocycles. The van der Waals surface area contributed by atoms with Crippen molar-refractivity contribution in [2.45, 2.75) is 37.6 Å². The molecule has 0 radical (unpaired) electrons. The molecule has 1 aliphatic rings. The lowest BCUT2D eigenvalue weighted by molar-refractivity contribution is -0.278. The first-order valence-corrected chi connectivity index (χ1v) is 9.44. The number of carbonyl (C=O) groups is 3. The fraction of sp³-hybridized carbons (Fsp3) is 0.286. The maximum atomic E-state index is 12.8. The van der Waals surface area contributed by atoms with E-state index in [-0.39, 0.29) is 16.8 Å². The molecule has 32 heavy (non-hydrogen) atoms. The van der Waals surface area contributed by atoms with E-state index in [1.54, 1.807) is 19.1 Å². The van der Waals surface area contributed by atoms with Crippen molar-refractivity contribution in [3.63, 3.8) is 0 Å². The standard InChI is InChI=1S/C21H21NO10/c1-9-10(18(26)27)6-4-8-12(9)22-13-7-3-2-5-11(13)20(30)32-21-16(25)14(23)15(24)17(31-21)19(28)29/h2-8,14-17,21-25H,1H3,(H,26,27)(H,28,29)/t14-,15-,16+,17-,21-/m1/s1. The van der Waals surface area contributed by atoms with Crippen LogP contribution in [-0.2, 0) is 14.3 Å². The van der Waals surface area contributed by atoms with Crippen LogP contribution in [-0.4, -0.2) is 74.1 Å². The number of carbonyl (C=O) groups excluding carboxylic acids is 1. The number of ether oxygens (including phenoxy) is 2. The highest BCUT2D eigenvalue weighted by Gasteiger charge is 2.48. The summed E-state index contributed by atoms with van der Waals surface area (Å²) in [7, 11) is 0. The van der Waals surface area contributed by atoms with Crippen molar-refractivity contribution in [3.8, 4) is 0 Å². The van der Waals surface area contributed by atoms with Crippen LogP contribution in [0.1, 0.15) is 26.3 Å². The lowest BCUT2D eigenvalue weighted by atomic mass is 9.99. The highest BCUT2D eigenvalue weighted by Crippen LogP contribution is 2.28. The Labute approximate surface area is 181 Å². The van der Waals surface area contributed by atoms with E-state index in [1.807, 2.05) is 0 Å². The molecular weight excluding hydrogens is 426 g/mol. The van der Waals surface area contributed by atoms with Crippen molar-refractivity contribution in [2.75, 3.05) is 5.32 Å². The average Bonchev–Trinajstić information content (AvgIpc) is 2.75. The first-order chi connectivity index (χ1) is 15.1. The number of rotatable bonds is 6. The fourth-order valence-corrected chi connectivity index (χ4v) is 3.24. The second kappa shape index (κ2) is 9.32. The summed E-state index contributed by atoms with van der Waals surface area (Å²) >= 11 is 0. The number of anilines is 2. The van der Waals surface area contributed by atoms with Crippen molar-refractivity contribution < 1.29 is 49.4 Å². The molecular formula is C21H21NO10. The van der Waals surface area contributed by atoms with Crippen LogP contribution in [0.25, 0.3) is 0 Å². The van der Waals surface area contributed by atoms with Crippen molar-refractivity contribution >= 4 is 29.3 Å². The highest BCUT2D eigenvalue weighted by atomic mass is 16.7. The molecule has 11 nitrogen and oxygen atoms in total. The molecule has 1 heterocycles. The lowest BCUT2D eigenvalue weighted by Crippen LogP contribution is -2.60. The van der Waals surface area contributed by atoms with Gasteiger partial charge in [-0.15, -0.1) is 0 Å². The number of carboxylic acid groups (broad SMARTS) is 2. The first-order valence-electron chi connectivity index (χ1n) is 9.44. The van der Waals surface area contributed by atoms with E-state index >= 15 is 0 Å². The summed E-state index contributed by atoms with van der Waals surface area (Å²) in [4.78, 5) is 35.3. The summed E-state index contributed by atoms with van der Waals surface area (Å²) < 4.78 is 10.0. The molecule has 0 aromatic heterocycles. The maximum Gasteiger partial charge on any atom is 0.342 e. The van der Waals surface area contributed by atoms with Crippen LogP contribution in [0.5, 0.6) is 0 Å². The van der Waals surface area contributed by atoms with E-state index in [0.29, 0.717) is 11.3 Å². The monoisotopic (exact) mass is 447 g/mol. The van der Waals surface area contributed by atoms with Crippen LogP contribution in [0.3, 0.4) is 0 Å². The Morgan fingerprint density at radius 2 is 1.50 bits per heavy atom. The largest absolute Gasteiger partial charge is 0.479 e. The van der Waals surface area contributed by atoms with Gasteiger partial charge in [-0.05, 0) is 36.8 Å². The van der Waals surface area contributed by atoms with Crippen molar-refractivity contribution in [2.24, 2.45) is 0 Å². The van der Waals surface area contributed by atoms with Gasteiger partial charge in [0.25, 0.3) is 0 Å². The third-order valence-electron chi connectivity index (χ3n) is 5.02. The molecule has 11 heteroatoms. The zero-order valence-electron chi connectivity index (χ0n) is 16.7. The Hall–Kier alpha value is -3.51. The van der Waals surface area contributed by atoms with Gasteiger partial charge in [-0.3, -0.25) is 0 Å². The number of aliphatic hydroxyl groups excluding tert-OH is 3. The van der Waals surface area contributed by atoms with Crippen molar-refractivity contribution in [3.05, 3.63) is 59.2 Å². The summed E-state index contributed by atoms with van der Waals surface area (Å²) in [6.07, 6.45) is -9.50. The molecule has 0 bridgehead atoms. The minimum Gasteiger partial charge on any atom is -0.479 e. The van der Waals surface area contributed by atoms with E-state index in [1.165, 1.54) is 30.3 Å². The predicted molar refractivity (Wildman–Crippen MR) is 108 cm³/mol. The number of carboxylic acids is 2. The topological polar surface area (TPSA) is 183 Å². The first kappa shape index (κ1) is 23.2. The summed E-state index contributed by atoms with van der Waals surface area (Å²) in [5.74, 6) is -3.74. The van der Waals surface area contributed by atoms with Crippen LogP contribution < -0.4 is 5.32 Å². The second-order valence-electron chi connectivity index (χ2n) is 7.09. The van der Waals surface area contributed by atoms with Crippen LogP contribution in [0, 0.1) is 6.92 Å². The number of nitrogens with one attached hydrogen (secondary N) is 1. The van der Waals surface area contributed by atoms with Gasteiger partial charge >= 0.3 is 17.9 Å². The normalized spacial score (nSPS) is 25.1. The number of aliphatic hydroxyl groups is 3. The number of benzene rings is 2. The molecule has 0 amide bonds. The van der Waals surface area contributed by atoms with Gasteiger partial charge < -0.3 is 40.3 Å². The Morgan fingerprint density at radius 1 is 0.875 bits per heavy atom. The van der Waals surface area contributed by atoms with Gasteiger partial charge in [0.2, 0.25) is 6.29 Å². The second-order valence-corrected chi connectivity index (χ2v) is 7.09. The van der Waals surface area contributed by atoms with Gasteiger partial charge in [-0.2, -0.15) is 0 Å². The fourth-order valence-electron chi connectivity index (χ4n) is 3.24. The van der Waals surface area contributed by atoms with E-state index < -0.39 is 48.6 Å². The number of esters is 1. The molecule has 2 aromatic rings. The van der Waals surface area contributed by atoms with Gasteiger partial charge in [-0.1, -0.05) is 18.2 Å². The number of aromatic carboxylic acids is 1. The third kappa shape index (κ3) is 4.55. The van der Waals surface area contributed by atoms with Crippen molar-refractivity contribution in [1.29, 1.82) is 0 Å². The molecule has 6 N–H and O–H groups in total. The van der Waals surface area contributed by atoms with Gasteiger partial charge in [-0.25, -0.2) is 14.4 Å². The smallest absolute Gasteiger partial charge is 0.342 e. The number of hydrogen-bond donors (Lipinski definition) is 6. The molecule has 2 aromatic carbocycles. The van der Waals surface area contributed by atoms with Crippen LogP contribution >= 0.6 is 0 Å². The molecule has 0 unspecified atom stereocenters. The van der Waals surface area contributed by atoms with Crippen LogP contribution in [0.4, 0.5) is 11.4 Å². The quantitative estimate of drug-likeness (QED) is 0.339. The highest BCUT2D eigenvalue weighted by molar-refractivity contribution is 5.97. The zero-order chi connectivity index (χ0) is 23.6. The molecule has 170 valence electrons. The summed E-state index contributed by atoms with van der Waals surface area (Å²) in [5.41, 5.74) is 1.12. The SMILES string of the molecule is Cc1c(Nc2ccccc2C(=O)O[C@H]2O[C@@H](C(=O)O)[C@H](O)[C@@H](O)[C@@H]2O)cccc1C(=O)O. The lowest BCUT2D eigenvalue weighted by Gasteiger charge is -2.38. The van der Waals surface area contributed by atoms with E-state index in [9.17, 15) is 34.8 Å². The molecule has 0 aliphatic carbocycles. The zero-order valence-corrected chi connectivity index (χ0v) is 16.7. The third-order valence-corrected chi connectivity index (χ3v) is 5.02. The van der Waals surface area contributed by atoms with E-state index in [2.05, 4.69) is 5.32 Å². The molecule has 1 saturated heterocycles. The minimum atomic E-state index is -1.92. The Balaban J connectivity index is 1.84. The number of para-hydroxylation sites is 1. The van der Waals surface area contributed by atoms with Gasteiger partial charge in [0.15, 0.2) is 6.10 Å². The van der Waals surface area contributed by atoms with Crippen LogP contribution in [0.15, 0.2) is 42.5 Å². The molecule has 3 rings (SSSR count). The van der Waals surface area contributed by atoms with Gasteiger partial charge in [0.05, 0.1) is 16.8 Å². The average molecular weight is 447 g/mol. The molecule has 5 atom stereocenters. The minimum absolute atomic E-state index is 0.0316. The summed E-state index contributed by atoms with van der Waals surface area (Å²) in [6, 6.07) is 10.6. The van der Waals surface area contributed by atoms with Gasteiger partial charge in [0, 0.05) is 5.69 Å². The molecule has 0 spiro atoms. The number of aliphatic carboxylic acids is 1. The van der Waals surface area contributed by atoms with Crippen LogP contribution in [0.2, 0.25) is 0 Å². The van der Waals surface area contributed by atoms with Gasteiger partial charge in [0.1, 0.15) is 18.3 Å². The Morgan fingerprint density at radius 3 is 2.16 bits per heavy atom. The Kier molecular flexibility index (Phi) is 6.75. The summed E-state index contributed by atoms with van der Waals surface area (Å²) in [6.45, 7) is 1.59. The van der Waals surface area contributed by atoms with E-state index in [0.717, 1.165) is 0 Å². The van der Waals surface area contributed by atoms with E-state index in [4.69, 9.17) is 14.6 Å².